The third-order valence-electron chi connectivity index (χ3n) is 8.23. The standard InChI is InChI=1S/C28H34Cl2Si/c1-15(2)31(16(3)4,27-19(7)25(29)23-17(5)11-9-13-21(23)27)28-20(8)26(30)24-18(6)12-10-14-22(24)28/h9-16,27-28H,1-8H3. The maximum Gasteiger partial charge on any atom is 0.0832 e. The smallest absolute Gasteiger partial charge is 0.0832 e. The lowest BCUT2D eigenvalue weighted by molar-refractivity contribution is 0.780. The van der Waals surface area contributed by atoms with Gasteiger partial charge in [0.2, 0.25) is 0 Å². The second kappa shape index (κ2) is 7.94. The Morgan fingerprint density at radius 1 is 0.645 bits per heavy atom. The normalized spacial score (nSPS) is 20.9. The maximum absolute atomic E-state index is 7.07. The highest BCUT2D eigenvalue weighted by Crippen LogP contribution is 2.63. The van der Waals surface area contributed by atoms with E-state index in [0.717, 1.165) is 10.1 Å². The van der Waals surface area contributed by atoms with Crippen LogP contribution in [0.25, 0.3) is 10.1 Å². The molecule has 0 saturated heterocycles. The summed E-state index contributed by atoms with van der Waals surface area (Å²) in [6.45, 7) is 18.8. The van der Waals surface area contributed by atoms with Gasteiger partial charge in [-0.3, -0.25) is 0 Å². The zero-order valence-electron chi connectivity index (χ0n) is 20.0. The number of aryl methyl sites for hydroxylation is 2. The molecule has 0 aliphatic heterocycles. The molecule has 0 heterocycles. The number of benzene rings is 2. The van der Waals surface area contributed by atoms with Gasteiger partial charge in [0.25, 0.3) is 0 Å². The van der Waals surface area contributed by atoms with Crippen LogP contribution in [0, 0.1) is 13.8 Å². The molecule has 0 saturated carbocycles. The first-order valence-electron chi connectivity index (χ1n) is 11.5. The van der Waals surface area contributed by atoms with Crippen molar-refractivity contribution in [2.45, 2.75) is 77.6 Å². The van der Waals surface area contributed by atoms with E-state index in [4.69, 9.17) is 23.2 Å². The molecule has 0 radical (unpaired) electrons. The van der Waals surface area contributed by atoms with Gasteiger partial charge in [0, 0.05) is 21.1 Å². The van der Waals surface area contributed by atoms with Crippen LogP contribution in [0.3, 0.4) is 0 Å². The van der Waals surface area contributed by atoms with Crippen LogP contribution in [-0.4, -0.2) is 8.07 Å². The molecule has 164 valence electrons. The molecule has 0 amide bonds. The van der Waals surface area contributed by atoms with Crippen molar-refractivity contribution in [3.8, 4) is 0 Å². The minimum atomic E-state index is -2.13. The van der Waals surface area contributed by atoms with Crippen LogP contribution in [0.5, 0.6) is 0 Å². The first kappa shape index (κ1) is 22.9. The van der Waals surface area contributed by atoms with Crippen molar-refractivity contribution < 1.29 is 0 Å². The number of hydrogen-bond acceptors (Lipinski definition) is 0. The van der Waals surface area contributed by atoms with Crippen molar-refractivity contribution in [1.82, 2.24) is 0 Å². The van der Waals surface area contributed by atoms with Crippen LogP contribution < -0.4 is 0 Å². The topological polar surface area (TPSA) is 0 Å². The van der Waals surface area contributed by atoms with E-state index >= 15 is 0 Å². The van der Waals surface area contributed by atoms with Crippen LogP contribution in [0.1, 0.15) is 86.0 Å². The molecule has 0 N–H and O–H groups in total. The van der Waals surface area contributed by atoms with E-state index in [-0.39, 0.29) is 0 Å². The Balaban J connectivity index is 2.08. The fourth-order valence-corrected chi connectivity index (χ4v) is 15.6. The van der Waals surface area contributed by atoms with E-state index < -0.39 is 8.07 Å². The van der Waals surface area contributed by atoms with Gasteiger partial charge in [0.15, 0.2) is 0 Å². The Labute approximate surface area is 199 Å². The minimum absolute atomic E-state index is 0.394. The molecular formula is C28H34Cl2Si. The van der Waals surface area contributed by atoms with E-state index in [1.807, 2.05) is 0 Å². The molecule has 4 rings (SSSR count). The van der Waals surface area contributed by atoms with Gasteiger partial charge >= 0.3 is 0 Å². The first-order valence-corrected chi connectivity index (χ1v) is 14.6. The van der Waals surface area contributed by atoms with Crippen LogP contribution >= 0.6 is 23.2 Å². The second-order valence-corrected chi connectivity index (χ2v) is 16.5. The highest BCUT2D eigenvalue weighted by molar-refractivity contribution is 6.87. The van der Waals surface area contributed by atoms with Gasteiger partial charge in [-0.2, -0.15) is 0 Å². The number of allylic oxidation sites excluding steroid dienone is 2. The summed E-state index contributed by atoms with van der Waals surface area (Å²) in [6, 6.07) is 13.5. The van der Waals surface area contributed by atoms with Gasteiger partial charge in [-0.05, 0) is 83.3 Å². The predicted molar refractivity (Wildman–Crippen MR) is 141 cm³/mol. The molecule has 2 aliphatic rings. The Morgan fingerprint density at radius 3 is 1.32 bits per heavy atom. The number of fused-ring (bicyclic) bond motifs is 2. The summed E-state index contributed by atoms with van der Waals surface area (Å²) in [6.07, 6.45) is 0. The van der Waals surface area contributed by atoms with Crippen molar-refractivity contribution in [3.05, 3.63) is 80.9 Å². The maximum atomic E-state index is 7.07. The van der Waals surface area contributed by atoms with Crippen LogP contribution in [-0.2, 0) is 0 Å². The summed E-state index contributed by atoms with van der Waals surface area (Å²) >= 11 is 14.1. The quantitative estimate of drug-likeness (QED) is 0.391. The van der Waals surface area contributed by atoms with E-state index in [0.29, 0.717) is 22.2 Å². The lowest BCUT2D eigenvalue weighted by Crippen LogP contribution is -2.53. The van der Waals surface area contributed by atoms with Gasteiger partial charge in [-0.25, -0.2) is 0 Å². The lowest BCUT2D eigenvalue weighted by atomic mass is 10.0. The summed E-state index contributed by atoms with van der Waals surface area (Å²) in [5, 5.41) is 1.96. The summed E-state index contributed by atoms with van der Waals surface area (Å²) in [5.74, 6) is 0. The fourth-order valence-electron chi connectivity index (χ4n) is 7.03. The number of hydrogen-bond donors (Lipinski definition) is 0. The third kappa shape index (κ3) is 3.00. The molecule has 3 heteroatoms. The third-order valence-corrected chi connectivity index (χ3v) is 16.7. The first-order chi connectivity index (χ1) is 14.6. The average Bonchev–Trinajstić information content (AvgIpc) is 3.11. The van der Waals surface area contributed by atoms with Gasteiger partial charge in [0.05, 0.1) is 8.07 Å². The molecule has 0 aromatic heterocycles. The fraction of sp³-hybridized carbons (Fsp3) is 0.429. The predicted octanol–water partition coefficient (Wildman–Crippen LogP) is 9.48. The molecule has 0 nitrogen and oxygen atoms in total. The van der Waals surface area contributed by atoms with Gasteiger partial charge < -0.3 is 0 Å². The molecule has 31 heavy (non-hydrogen) atoms. The summed E-state index contributed by atoms with van der Waals surface area (Å²) < 4.78 is 0. The van der Waals surface area contributed by atoms with Crippen molar-refractivity contribution >= 4 is 41.3 Å². The molecular weight excluding hydrogens is 435 g/mol. The zero-order valence-corrected chi connectivity index (χ0v) is 22.5. The summed E-state index contributed by atoms with van der Waals surface area (Å²) in [7, 11) is -2.13. The average molecular weight is 470 g/mol. The molecule has 0 bridgehead atoms. The van der Waals surface area contributed by atoms with Gasteiger partial charge in [0.1, 0.15) is 0 Å². The van der Waals surface area contributed by atoms with Crippen LogP contribution in [0.2, 0.25) is 11.1 Å². The van der Waals surface area contributed by atoms with E-state index in [1.54, 1.807) is 0 Å². The Bertz CT molecular complexity index is 1030. The van der Waals surface area contributed by atoms with Crippen molar-refractivity contribution in [2.24, 2.45) is 0 Å². The van der Waals surface area contributed by atoms with E-state index in [1.165, 1.54) is 44.5 Å². The Kier molecular flexibility index (Phi) is 5.86. The largest absolute Gasteiger partial charge is 0.0837 e. The lowest BCUT2D eigenvalue weighted by Gasteiger charge is -2.50. The Hall–Kier alpha value is -1.28. The Morgan fingerprint density at radius 2 is 1.00 bits per heavy atom. The van der Waals surface area contributed by atoms with E-state index in [9.17, 15) is 0 Å². The molecule has 2 aromatic carbocycles. The summed E-state index contributed by atoms with van der Waals surface area (Å²) in [4.78, 5) is 0. The molecule has 2 unspecified atom stereocenters. The minimum Gasteiger partial charge on any atom is -0.0837 e. The van der Waals surface area contributed by atoms with Crippen LogP contribution in [0.15, 0.2) is 47.5 Å². The van der Waals surface area contributed by atoms with Crippen molar-refractivity contribution in [1.29, 1.82) is 0 Å². The van der Waals surface area contributed by atoms with Crippen molar-refractivity contribution in [2.75, 3.05) is 0 Å². The second-order valence-electron chi connectivity index (χ2n) is 10.2. The molecule has 2 aliphatic carbocycles. The summed E-state index contributed by atoms with van der Waals surface area (Å²) in [5.41, 5.74) is 12.7. The highest BCUT2D eigenvalue weighted by Gasteiger charge is 2.58. The SMILES string of the molecule is CC1=C(Cl)c2c(C)cccc2C1[Si](C(C)C)(C(C)C)C1C(C)=C(Cl)c2c(C)cccc21. The number of halogens is 2. The molecule has 2 aromatic rings. The van der Waals surface area contributed by atoms with E-state index in [2.05, 4.69) is 91.8 Å². The van der Waals surface area contributed by atoms with Gasteiger partial charge in [-0.15, -0.1) is 0 Å². The van der Waals surface area contributed by atoms with Crippen LogP contribution in [0.4, 0.5) is 0 Å². The molecule has 0 spiro atoms. The van der Waals surface area contributed by atoms with Gasteiger partial charge in [-0.1, -0.05) is 87.3 Å². The molecule has 2 atom stereocenters. The number of rotatable bonds is 4. The highest BCUT2D eigenvalue weighted by atomic mass is 35.5. The zero-order chi connectivity index (χ0) is 22.8. The molecule has 0 fully saturated rings. The van der Waals surface area contributed by atoms with Crippen molar-refractivity contribution in [3.63, 3.8) is 0 Å². The monoisotopic (exact) mass is 468 g/mol.